The van der Waals surface area contributed by atoms with Crippen molar-refractivity contribution >= 4 is 34.6 Å². The standard InChI is InChI=1S/C12H22N2O4S2/c1-7(2)10-14(9(5-19-10)11(15)16)12(17)13-8(3)6-20(4)18/h7-10H,5-6H2,1-4H3,(H,13,17)(H,15,16). The van der Waals surface area contributed by atoms with Crippen molar-refractivity contribution in [1.82, 2.24) is 10.2 Å². The van der Waals surface area contributed by atoms with Crippen LogP contribution in [0.3, 0.4) is 0 Å². The van der Waals surface area contributed by atoms with Crippen molar-refractivity contribution in [3.05, 3.63) is 0 Å². The van der Waals surface area contributed by atoms with Gasteiger partial charge in [-0.05, 0) is 12.8 Å². The number of urea groups is 1. The van der Waals surface area contributed by atoms with Gasteiger partial charge in [-0.15, -0.1) is 11.8 Å². The van der Waals surface area contributed by atoms with E-state index in [1.54, 1.807) is 13.2 Å². The molecule has 0 saturated carbocycles. The minimum absolute atomic E-state index is 0.143. The summed E-state index contributed by atoms with van der Waals surface area (Å²) in [5, 5.41) is 11.8. The van der Waals surface area contributed by atoms with Gasteiger partial charge >= 0.3 is 12.0 Å². The molecule has 4 unspecified atom stereocenters. The molecule has 4 atom stereocenters. The SMILES string of the molecule is CC(CS(C)=O)NC(=O)N1C(C(=O)O)CSC1C(C)C. The lowest BCUT2D eigenvalue weighted by Crippen LogP contribution is -2.53. The molecule has 1 fully saturated rings. The number of thioether (sulfide) groups is 1. The van der Waals surface area contributed by atoms with Crippen LogP contribution in [0.15, 0.2) is 0 Å². The van der Waals surface area contributed by atoms with Crippen LogP contribution < -0.4 is 5.32 Å². The molecule has 2 amide bonds. The number of rotatable bonds is 5. The van der Waals surface area contributed by atoms with Crippen LogP contribution in [0.25, 0.3) is 0 Å². The summed E-state index contributed by atoms with van der Waals surface area (Å²) in [5.41, 5.74) is 0. The van der Waals surface area contributed by atoms with Crippen molar-refractivity contribution in [2.75, 3.05) is 17.8 Å². The Balaban J connectivity index is 2.78. The maximum absolute atomic E-state index is 12.3. The molecule has 1 aliphatic rings. The van der Waals surface area contributed by atoms with Crippen molar-refractivity contribution in [2.45, 2.75) is 38.2 Å². The second-order valence-electron chi connectivity index (χ2n) is 5.32. The summed E-state index contributed by atoms with van der Waals surface area (Å²) in [5.74, 6) is -0.0514. The fraction of sp³-hybridized carbons (Fsp3) is 0.833. The Morgan fingerprint density at radius 2 is 2.05 bits per heavy atom. The number of amides is 2. The van der Waals surface area contributed by atoms with Gasteiger partial charge in [-0.2, -0.15) is 0 Å². The van der Waals surface area contributed by atoms with E-state index in [4.69, 9.17) is 0 Å². The number of hydrogen-bond donors (Lipinski definition) is 2. The zero-order chi connectivity index (χ0) is 15.4. The van der Waals surface area contributed by atoms with E-state index in [0.29, 0.717) is 11.5 Å². The number of nitrogens with zero attached hydrogens (tertiary/aromatic N) is 1. The number of aliphatic carboxylic acids is 1. The number of carboxylic acids is 1. The molecule has 0 aromatic carbocycles. The van der Waals surface area contributed by atoms with Crippen LogP contribution in [0, 0.1) is 5.92 Å². The van der Waals surface area contributed by atoms with Crippen LogP contribution in [0.5, 0.6) is 0 Å². The summed E-state index contributed by atoms with van der Waals surface area (Å²) in [6.45, 7) is 5.70. The van der Waals surface area contributed by atoms with Crippen molar-refractivity contribution in [3.63, 3.8) is 0 Å². The first-order valence-electron chi connectivity index (χ1n) is 6.47. The highest BCUT2D eigenvalue weighted by Gasteiger charge is 2.43. The molecule has 2 N–H and O–H groups in total. The van der Waals surface area contributed by atoms with Crippen LogP contribution in [-0.4, -0.2) is 61.4 Å². The Hall–Kier alpha value is -0.760. The highest BCUT2D eigenvalue weighted by molar-refractivity contribution is 8.00. The third kappa shape index (κ3) is 4.37. The number of carbonyl (C=O) groups is 2. The van der Waals surface area contributed by atoms with Gasteiger partial charge in [0, 0.05) is 34.6 Å². The lowest BCUT2D eigenvalue weighted by Gasteiger charge is -2.30. The molecule has 0 spiro atoms. The summed E-state index contributed by atoms with van der Waals surface area (Å²) in [7, 11) is -1.00. The fourth-order valence-electron chi connectivity index (χ4n) is 2.17. The first-order valence-corrected chi connectivity index (χ1v) is 9.24. The predicted molar refractivity (Wildman–Crippen MR) is 81.3 cm³/mol. The molecule has 1 saturated heterocycles. The second kappa shape index (κ2) is 7.31. The molecule has 0 radical (unpaired) electrons. The van der Waals surface area contributed by atoms with E-state index < -0.39 is 22.8 Å². The van der Waals surface area contributed by atoms with Crippen LogP contribution in [-0.2, 0) is 15.6 Å². The summed E-state index contributed by atoms with van der Waals surface area (Å²) in [4.78, 5) is 25.0. The van der Waals surface area contributed by atoms with Gasteiger partial charge in [0.1, 0.15) is 6.04 Å². The van der Waals surface area contributed by atoms with Gasteiger partial charge in [0.15, 0.2) is 0 Å². The van der Waals surface area contributed by atoms with Crippen LogP contribution >= 0.6 is 11.8 Å². The van der Waals surface area contributed by atoms with E-state index in [1.165, 1.54) is 16.7 Å². The number of hydrogen-bond acceptors (Lipinski definition) is 4. The highest BCUT2D eigenvalue weighted by atomic mass is 32.2. The van der Waals surface area contributed by atoms with Crippen molar-refractivity contribution in [1.29, 1.82) is 0 Å². The molecular weight excluding hydrogens is 300 g/mol. The summed E-state index contributed by atoms with van der Waals surface area (Å²) in [6.07, 6.45) is 1.57. The van der Waals surface area contributed by atoms with Gasteiger partial charge in [-0.3, -0.25) is 9.11 Å². The molecule has 0 aromatic heterocycles. The molecule has 1 aliphatic heterocycles. The third-order valence-corrected chi connectivity index (χ3v) is 5.57. The molecule has 20 heavy (non-hydrogen) atoms. The average Bonchev–Trinajstić information content (AvgIpc) is 2.71. The quantitative estimate of drug-likeness (QED) is 0.787. The zero-order valence-corrected chi connectivity index (χ0v) is 13.8. The van der Waals surface area contributed by atoms with Gasteiger partial charge in [-0.25, -0.2) is 9.59 Å². The molecule has 0 aromatic rings. The Kier molecular flexibility index (Phi) is 6.32. The lowest BCUT2D eigenvalue weighted by molar-refractivity contribution is -0.141. The smallest absolute Gasteiger partial charge is 0.327 e. The second-order valence-corrected chi connectivity index (χ2v) is 7.95. The summed E-state index contributed by atoms with van der Waals surface area (Å²) < 4.78 is 11.2. The molecule has 8 heteroatoms. The molecule has 6 nitrogen and oxygen atoms in total. The van der Waals surface area contributed by atoms with Crippen molar-refractivity contribution in [3.8, 4) is 0 Å². The maximum Gasteiger partial charge on any atom is 0.327 e. The molecule has 1 heterocycles. The largest absolute Gasteiger partial charge is 0.480 e. The van der Waals surface area contributed by atoms with Crippen LogP contribution in [0.2, 0.25) is 0 Å². The topological polar surface area (TPSA) is 86.7 Å². The monoisotopic (exact) mass is 322 g/mol. The normalized spacial score (nSPS) is 25.6. The molecular formula is C12H22N2O4S2. The van der Waals surface area contributed by atoms with Gasteiger partial charge in [-0.1, -0.05) is 13.8 Å². The average molecular weight is 322 g/mol. The van der Waals surface area contributed by atoms with Gasteiger partial charge in [0.2, 0.25) is 0 Å². The fourth-order valence-corrected chi connectivity index (χ4v) is 4.43. The Bertz CT molecular complexity index is 403. The Morgan fingerprint density at radius 3 is 2.50 bits per heavy atom. The minimum atomic E-state index is -1.00. The minimum Gasteiger partial charge on any atom is -0.480 e. The van der Waals surface area contributed by atoms with Crippen molar-refractivity contribution < 1.29 is 18.9 Å². The lowest BCUT2D eigenvalue weighted by atomic mass is 10.1. The highest BCUT2D eigenvalue weighted by Crippen LogP contribution is 2.34. The van der Waals surface area contributed by atoms with Gasteiger partial charge < -0.3 is 10.4 Å². The van der Waals surface area contributed by atoms with Crippen LogP contribution in [0.1, 0.15) is 20.8 Å². The van der Waals surface area contributed by atoms with E-state index in [2.05, 4.69) is 5.32 Å². The van der Waals surface area contributed by atoms with E-state index in [9.17, 15) is 18.9 Å². The van der Waals surface area contributed by atoms with Gasteiger partial charge in [0.05, 0.1) is 5.37 Å². The van der Waals surface area contributed by atoms with E-state index in [1.807, 2.05) is 13.8 Å². The molecule has 116 valence electrons. The summed E-state index contributed by atoms with van der Waals surface area (Å²) in [6, 6.07) is -1.44. The van der Waals surface area contributed by atoms with E-state index in [-0.39, 0.29) is 23.4 Å². The molecule has 0 aliphatic carbocycles. The number of carbonyl (C=O) groups excluding carboxylic acids is 1. The molecule has 1 rings (SSSR count). The third-order valence-electron chi connectivity index (χ3n) is 2.98. The zero-order valence-electron chi connectivity index (χ0n) is 12.2. The molecule has 0 bridgehead atoms. The van der Waals surface area contributed by atoms with Crippen molar-refractivity contribution in [2.24, 2.45) is 5.92 Å². The Labute approximate surface area is 126 Å². The van der Waals surface area contributed by atoms with Gasteiger partial charge in [0.25, 0.3) is 0 Å². The number of nitrogens with one attached hydrogen (secondary N) is 1. The van der Waals surface area contributed by atoms with E-state index >= 15 is 0 Å². The first-order chi connectivity index (χ1) is 9.23. The summed E-state index contributed by atoms with van der Waals surface area (Å²) >= 11 is 1.49. The first kappa shape index (κ1) is 17.3. The van der Waals surface area contributed by atoms with E-state index in [0.717, 1.165) is 0 Å². The van der Waals surface area contributed by atoms with Crippen LogP contribution in [0.4, 0.5) is 4.79 Å². The Morgan fingerprint density at radius 1 is 1.45 bits per heavy atom. The number of carboxylic acid groups (broad SMARTS) is 1. The predicted octanol–water partition coefficient (Wildman–Crippen LogP) is 0.947. The maximum atomic E-state index is 12.3.